The summed E-state index contributed by atoms with van der Waals surface area (Å²) in [7, 11) is 0. The van der Waals surface area contributed by atoms with Crippen LogP contribution in [0.1, 0.15) is 42.9 Å². The quantitative estimate of drug-likeness (QED) is 0.915. The number of carbonyl (C=O) groups excluding carboxylic acids is 1. The number of amides is 1. The summed E-state index contributed by atoms with van der Waals surface area (Å²) in [5.41, 5.74) is 3.91. The molecule has 1 amide bonds. The Kier molecular flexibility index (Phi) is 4.87. The predicted octanol–water partition coefficient (Wildman–Crippen LogP) is 2.59. The number of hydrogen-bond acceptors (Lipinski definition) is 3. The normalized spacial score (nSPS) is 23.2. The number of likely N-dealkylation sites (tertiary alicyclic amines) is 2. The van der Waals surface area contributed by atoms with Crippen molar-refractivity contribution in [2.24, 2.45) is 5.41 Å². The first kappa shape index (κ1) is 17.9. The standard InChI is InChI=1S/C20H28N2O3/c1-14-8-15(2)10-17(9-14)12-21-6-4-20(5-7-21)11-18(19(24)25)22(13-20)16(3)23/h8-10,18H,4-7,11-13H2,1-3H3,(H,24,25). The number of hydrogen-bond donors (Lipinski definition) is 1. The smallest absolute Gasteiger partial charge is 0.326 e. The highest BCUT2D eigenvalue weighted by Crippen LogP contribution is 2.43. The average Bonchev–Trinajstić information content (AvgIpc) is 2.89. The second-order valence-corrected chi connectivity index (χ2v) is 7.98. The van der Waals surface area contributed by atoms with Crippen LogP contribution in [0.2, 0.25) is 0 Å². The fraction of sp³-hybridized carbons (Fsp3) is 0.600. The number of benzene rings is 1. The van der Waals surface area contributed by atoms with Crippen molar-refractivity contribution in [1.82, 2.24) is 9.80 Å². The minimum absolute atomic E-state index is 0.0201. The van der Waals surface area contributed by atoms with Crippen LogP contribution < -0.4 is 0 Å². The molecule has 0 aromatic heterocycles. The van der Waals surface area contributed by atoms with Crippen molar-refractivity contribution in [1.29, 1.82) is 0 Å². The number of aryl methyl sites for hydroxylation is 2. The zero-order chi connectivity index (χ0) is 18.2. The number of carboxylic acids is 1. The van der Waals surface area contributed by atoms with Crippen molar-refractivity contribution < 1.29 is 14.7 Å². The number of nitrogens with zero attached hydrogens (tertiary/aromatic N) is 2. The van der Waals surface area contributed by atoms with Crippen molar-refractivity contribution in [3.8, 4) is 0 Å². The molecule has 5 nitrogen and oxygen atoms in total. The molecule has 1 atom stereocenters. The largest absolute Gasteiger partial charge is 0.480 e. The van der Waals surface area contributed by atoms with E-state index in [0.717, 1.165) is 32.5 Å². The summed E-state index contributed by atoms with van der Waals surface area (Å²) in [6.07, 6.45) is 2.52. The Bertz CT molecular complexity index is 633. The van der Waals surface area contributed by atoms with Gasteiger partial charge in [-0.15, -0.1) is 0 Å². The minimum atomic E-state index is -0.871. The second-order valence-electron chi connectivity index (χ2n) is 7.98. The molecule has 0 saturated carbocycles. The zero-order valence-electron chi connectivity index (χ0n) is 15.4. The van der Waals surface area contributed by atoms with E-state index < -0.39 is 12.0 Å². The van der Waals surface area contributed by atoms with Gasteiger partial charge in [-0.1, -0.05) is 29.3 Å². The Morgan fingerprint density at radius 1 is 1.16 bits per heavy atom. The van der Waals surface area contributed by atoms with E-state index in [2.05, 4.69) is 36.9 Å². The average molecular weight is 344 g/mol. The van der Waals surface area contributed by atoms with E-state index in [1.807, 2.05) is 0 Å². The molecule has 3 rings (SSSR count). The van der Waals surface area contributed by atoms with E-state index in [1.165, 1.54) is 23.6 Å². The van der Waals surface area contributed by atoms with Crippen molar-refractivity contribution in [2.75, 3.05) is 19.6 Å². The number of piperidine rings is 1. The van der Waals surface area contributed by atoms with Crippen molar-refractivity contribution in [2.45, 2.75) is 52.6 Å². The lowest BCUT2D eigenvalue weighted by Crippen LogP contribution is -2.42. The first-order valence-electron chi connectivity index (χ1n) is 9.08. The molecule has 2 aliphatic heterocycles. The van der Waals surface area contributed by atoms with Crippen molar-refractivity contribution in [3.05, 3.63) is 34.9 Å². The van der Waals surface area contributed by atoms with Crippen LogP contribution in [0.25, 0.3) is 0 Å². The third-order valence-corrected chi connectivity index (χ3v) is 5.80. The van der Waals surface area contributed by atoms with Gasteiger partial charge in [-0.25, -0.2) is 4.79 Å². The molecule has 0 bridgehead atoms. The lowest BCUT2D eigenvalue weighted by Gasteiger charge is -2.39. The van der Waals surface area contributed by atoms with Gasteiger partial charge < -0.3 is 10.0 Å². The monoisotopic (exact) mass is 344 g/mol. The van der Waals surface area contributed by atoms with E-state index in [4.69, 9.17) is 0 Å². The van der Waals surface area contributed by atoms with Gasteiger partial charge in [0.2, 0.25) is 5.91 Å². The highest BCUT2D eigenvalue weighted by Gasteiger charge is 2.48. The van der Waals surface area contributed by atoms with Crippen molar-refractivity contribution >= 4 is 11.9 Å². The Balaban J connectivity index is 1.63. The zero-order valence-corrected chi connectivity index (χ0v) is 15.4. The third kappa shape index (κ3) is 3.87. The molecular weight excluding hydrogens is 316 g/mol. The summed E-state index contributed by atoms with van der Waals surface area (Å²) in [5.74, 6) is -0.994. The molecule has 25 heavy (non-hydrogen) atoms. The maximum Gasteiger partial charge on any atom is 0.326 e. The summed E-state index contributed by atoms with van der Waals surface area (Å²) < 4.78 is 0. The first-order valence-corrected chi connectivity index (χ1v) is 9.08. The van der Waals surface area contributed by atoms with E-state index in [0.29, 0.717) is 13.0 Å². The molecule has 0 aliphatic carbocycles. The van der Waals surface area contributed by atoms with Crippen LogP contribution in [0.4, 0.5) is 0 Å². The molecule has 2 saturated heterocycles. The van der Waals surface area contributed by atoms with Gasteiger partial charge in [0.05, 0.1) is 0 Å². The van der Waals surface area contributed by atoms with Gasteiger partial charge in [0.1, 0.15) is 6.04 Å². The molecule has 136 valence electrons. The number of aliphatic carboxylic acids is 1. The van der Waals surface area contributed by atoms with Crippen LogP contribution in [0, 0.1) is 19.3 Å². The Morgan fingerprint density at radius 2 is 1.76 bits per heavy atom. The van der Waals surface area contributed by atoms with Gasteiger partial charge in [-0.05, 0) is 57.2 Å². The molecule has 1 N–H and O–H groups in total. The minimum Gasteiger partial charge on any atom is -0.480 e. The Labute approximate surface area is 149 Å². The Morgan fingerprint density at radius 3 is 2.24 bits per heavy atom. The number of rotatable bonds is 3. The van der Waals surface area contributed by atoms with Gasteiger partial charge >= 0.3 is 5.97 Å². The molecule has 2 aliphatic rings. The summed E-state index contributed by atoms with van der Waals surface area (Å²) in [5, 5.41) is 9.44. The van der Waals surface area contributed by atoms with Crippen LogP contribution in [-0.4, -0.2) is 52.5 Å². The van der Waals surface area contributed by atoms with E-state index in [-0.39, 0.29) is 11.3 Å². The van der Waals surface area contributed by atoms with Gasteiger partial charge in [0.25, 0.3) is 0 Å². The Hall–Kier alpha value is -1.88. The number of carboxylic acid groups (broad SMARTS) is 1. The molecule has 2 heterocycles. The summed E-state index contributed by atoms with van der Waals surface area (Å²) in [6.45, 7) is 9.19. The second kappa shape index (κ2) is 6.79. The number of carbonyl (C=O) groups is 2. The fourth-order valence-electron chi connectivity index (χ4n) is 4.57. The van der Waals surface area contributed by atoms with Crippen LogP contribution in [0.3, 0.4) is 0 Å². The van der Waals surface area contributed by atoms with Crippen LogP contribution in [-0.2, 0) is 16.1 Å². The SMILES string of the molecule is CC(=O)N1CC2(CCN(Cc3cc(C)cc(C)c3)CC2)CC1C(=O)O. The molecule has 1 spiro atoms. The van der Waals surface area contributed by atoms with Crippen molar-refractivity contribution in [3.63, 3.8) is 0 Å². The maximum atomic E-state index is 11.8. The predicted molar refractivity (Wildman–Crippen MR) is 96.3 cm³/mol. The maximum absolute atomic E-state index is 11.8. The van der Waals surface area contributed by atoms with Gasteiger partial charge in [-0.2, -0.15) is 0 Å². The summed E-state index contributed by atoms with van der Waals surface area (Å²) in [6, 6.07) is 6.02. The molecule has 1 aromatic carbocycles. The highest BCUT2D eigenvalue weighted by atomic mass is 16.4. The fourth-order valence-corrected chi connectivity index (χ4v) is 4.57. The lowest BCUT2D eigenvalue weighted by molar-refractivity contribution is -0.147. The molecule has 0 radical (unpaired) electrons. The summed E-state index contributed by atoms with van der Waals surface area (Å²) in [4.78, 5) is 27.3. The van der Waals surface area contributed by atoms with Gasteiger partial charge in [0, 0.05) is 20.0 Å². The molecule has 2 fully saturated rings. The summed E-state index contributed by atoms with van der Waals surface area (Å²) >= 11 is 0. The van der Waals surface area contributed by atoms with E-state index in [9.17, 15) is 14.7 Å². The van der Waals surface area contributed by atoms with Crippen LogP contribution in [0.5, 0.6) is 0 Å². The van der Waals surface area contributed by atoms with Crippen LogP contribution in [0.15, 0.2) is 18.2 Å². The lowest BCUT2D eigenvalue weighted by atomic mass is 9.76. The van der Waals surface area contributed by atoms with Gasteiger partial charge in [-0.3, -0.25) is 9.69 Å². The first-order chi connectivity index (χ1) is 11.8. The van der Waals surface area contributed by atoms with E-state index >= 15 is 0 Å². The van der Waals surface area contributed by atoms with Gasteiger partial charge in [0.15, 0.2) is 0 Å². The third-order valence-electron chi connectivity index (χ3n) is 5.80. The highest BCUT2D eigenvalue weighted by molar-refractivity contribution is 5.83. The molecule has 5 heteroatoms. The topological polar surface area (TPSA) is 60.9 Å². The molecular formula is C20H28N2O3. The van der Waals surface area contributed by atoms with E-state index in [1.54, 1.807) is 4.90 Å². The molecule has 1 unspecified atom stereocenters. The van der Waals surface area contributed by atoms with Crippen LogP contribution >= 0.6 is 0 Å². The molecule has 1 aromatic rings.